The summed E-state index contributed by atoms with van der Waals surface area (Å²) in [5, 5.41) is 4.02. The number of nitrogens with one attached hydrogen (secondary N) is 1. The number of para-hydroxylation sites is 1. The fourth-order valence-electron chi connectivity index (χ4n) is 2.80. The molecule has 0 saturated carbocycles. The molecule has 3 aromatic rings. The monoisotopic (exact) mass is 336 g/mol. The molecule has 2 aromatic carbocycles. The van der Waals surface area contributed by atoms with Gasteiger partial charge in [0.2, 0.25) is 0 Å². The maximum absolute atomic E-state index is 12.8. The van der Waals surface area contributed by atoms with E-state index in [1.807, 2.05) is 55.5 Å². The van der Waals surface area contributed by atoms with Crippen molar-refractivity contribution < 1.29 is 9.53 Å². The lowest BCUT2D eigenvalue weighted by Gasteiger charge is -2.16. The second kappa shape index (κ2) is 6.81. The molecule has 1 aromatic heterocycles. The fraction of sp³-hybridized carbons (Fsp3) is 0.200. The van der Waals surface area contributed by atoms with Crippen LogP contribution in [0.1, 0.15) is 22.8 Å². The van der Waals surface area contributed by atoms with Gasteiger partial charge in [-0.2, -0.15) is 0 Å². The number of pyridine rings is 1. The van der Waals surface area contributed by atoms with Gasteiger partial charge < -0.3 is 14.6 Å². The fourth-order valence-corrected chi connectivity index (χ4v) is 2.80. The van der Waals surface area contributed by atoms with E-state index >= 15 is 0 Å². The van der Waals surface area contributed by atoms with Crippen molar-refractivity contribution in [3.05, 3.63) is 70.0 Å². The smallest absolute Gasteiger partial charge is 0.345 e. The van der Waals surface area contributed by atoms with Crippen LogP contribution in [0.4, 0.5) is 11.4 Å². The molecule has 0 atom stereocenters. The normalized spacial score (nSPS) is 10.7. The van der Waals surface area contributed by atoms with Crippen LogP contribution in [0.2, 0.25) is 0 Å². The van der Waals surface area contributed by atoms with Gasteiger partial charge in [0.25, 0.3) is 5.56 Å². The second-order valence-electron chi connectivity index (χ2n) is 5.84. The van der Waals surface area contributed by atoms with Gasteiger partial charge in [-0.3, -0.25) is 4.79 Å². The Morgan fingerprint density at radius 1 is 1.12 bits per heavy atom. The van der Waals surface area contributed by atoms with Crippen LogP contribution in [0.15, 0.2) is 53.3 Å². The van der Waals surface area contributed by atoms with E-state index in [0.29, 0.717) is 5.69 Å². The van der Waals surface area contributed by atoms with Gasteiger partial charge in [-0.05, 0) is 32.0 Å². The summed E-state index contributed by atoms with van der Waals surface area (Å²) in [5.41, 5.74) is 2.78. The summed E-state index contributed by atoms with van der Waals surface area (Å²) in [6.45, 7) is 3.93. The third-order valence-corrected chi connectivity index (χ3v) is 4.10. The number of benzene rings is 2. The highest BCUT2D eigenvalue weighted by molar-refractivity contribution is 6.06. The van der Waals surface area contributed by atoms with Crippen molar-refractivity contribution in [3.8, 4) is 0 Å². The zero-order chi connectivity index (χ0) is 18.0. The molecular formula is C20H20N2O3. The highest BCUT2D eigenvalue weighted by atomic mass is 16.5. The van der Waals surface area contributed by atoms with Crippen molar-refractivity contribution in [1.29, 1.82) is 0 Å². The van der Waals surface area contributed by atoms with Gasteiger partial charge in [-0.25, -0.2) is 4.79 Å². The van der Waals surface area contributed by atoms with Crippen LogP contribution < -0.4 is 10.9 Å². The zero-order valence-electron chi connectivity index (χ0n) is 14.5. The van der Waals surface area contributed by atoms with Crippen molar-refractivity contribution >= 4 is 28.2 Å². The Bertz CT molecular complexity index is 988. The second-order valence-corrected chi connectivity index (χ2v) is 5.84. The summed E-state index contributed by atoms with van der Waals surface area (Å²) in [7, 11) is 1.66. The van der Waals surface area contributed by atoms with Crippen molar-refractivity contribution in [1.82, 2.24) is 4.57 Å². The number of carbonyl (C=O) groups excluding carboxylic acids is 1. The van der Waals surface area contributed by atoms with E-state index in [4.69, 9.17) is 4.74 Å². The molecule has 0 bridgehead atoms. The number of esters is 1. The Hall–Kier alpha value is -3.08. The number of carbonyl (C=O) groups is 1. The zero-order valence-corrected chi connectivity index (χ0v) is 14.5. The Morgan fingerprint density at radius 3 is 2.48 bits per heavy atom. The quantitative estimate of drug-likeness (QED) is 0.737. The van der Waals surface area contributed by atoms with Gasteiger partial charge in [0.05, 0.1) is 17.8 Å². The number of hydrogen-bond acceptors (Lipinski definition) is 4. The third kappa shape index (κ3) is 3.13. The standard InChI is InChI=1S/C20H20N2O3/c1-4-25-20(24)17-18(21-14-11-9-13(2)10-12-14)15-7-5-6-8-16(15)22(3)19(17)23/h5-12,21H,4H2,1-3H3. The molecule has 0 unspecified atom stereocenters. The minimum atomic E-state index is -0.622. The summed E-state index contributed by atoms with van der Waals surface area (Å²) < 4.78 is 6.59. The van der Waals surface area contributed by atoms with Gasteiger partial charge >= 0.3 is 5.97 Å². The van der Waals surface area contributed by atoms with Crippen LogP contribution in [0.3, 0.4) is 0 Å². The first-order valence-electron chi connectivity index (χ1n) is 8.15. The molecule has 128 valence electrons. The molecule has 0 aliphatic carbocycles. The van der Waals surface area contributed by atoms with E-state index < -0.39 is 5.97 Å². The lowest BCUT2D eigenvalue weighted by atomic mass is 10.1. The lowest BCUT2D eigenvalue weighted by Crippen LogP contribution is -2.27. The van der Waals surface area contributed by atoms with E-state index in [0.717, 1.165) is 22.2 Å². The summed E-state index contributed by atoms with van der Waals surface area (Å²) in [6, 6.07) is 15.2. The van der Waals surface area contributed by atoms with Crippen LogP contribution in [0.5, 0.6) is 0 Å². The van der Waals surface area contributed by atoms with E-state index in [1.165, 1.54) is 4.57 Å². The first-order valence-corrected chi connectivity index (χ1v) is 8.15. The summed E-state index contributed by atoms with van der Waals surface area (Å²) >= 11 is 0. The van der Waals surface area contributed by atoms with Crippen LogP contribution in [-0.2, 0) is 11.8 Å². The number of rotatable bonds is 4. The molecule has 1 heterocycles. The minimum absolute atomic E-state index is 0.0172. The number of hydrogen-bond donors (Lipinski definition) is 1. The van der Waals surface area contributed by atoms with Gasteiger partial charge in [-0.1, -0.05) is 35.9 Å². The first kappa shape index (κ1) is 16.8. The van der Waals surface area contributed by atoms with E-state index in [2.05, 4.69) is 5.32 Å². The summed E-state index contributed by atoms with van der Waals surface area (Å²) in [4.78, 5) is 25.2. The molecule has 0 saturated heterocycles. The molecule has 0 fully saturated rings. The molecule has 1 N–H and O–H groups in total. The van der Waals surface area contributed by atoms with Crippen molar-refractivity contribution in [2.45, 2.75) is 13.8 Å². The minimum Gasteiger partial charge on any atom is -0.462 e. The van der Waals surface area contributed by atoms with Crippen LogP contribution in [0.25, 0.3) is 10.9 Å². The molecule has 0 amide bonds. The first-order chi connectivity index (χ1) is 12.0. The average molecular weight is 336 g/mol. The predicted octanol–water partition coefficient (Wildman–Crippen LogP) is 3.77. The predicted molar refractivity (Wildman–Crippen MR) is 99.6 cm³/mol. The largest absolute Gasteiger partial charge is 0.462 e. The van der Waals surface area contributed by atoms with Gasteiger partial charge in [0.15, 0.2) is 0 Å². The molecule has 0 spiro atoms. The Labute approximate surface area is 145 Å². The molecule has 0 radical (unpaired) electrons. The van der Waals surface area contributed by atoms with E-state index in [1.54, 1.807) is 14.0 Å². The number of anilines is 2. The van der Waals surface area contributed by atoms with Crippen molar-refractivity contribution in [2.75, 3.05) is 11.9 Å². The molecule has 3 rings (SSSR count). The number of fused-ring (bicyclic) bond motifs is 1. The average Bonchev–Trinajstić information content (AvgIpc) is 2.61. The van der Waals surface area contributed by atoms with Crippen LogP contribution in [-0.4, -0.2) is 17.1 Å². The SMILES string of the molecule is CCOC(=O)c1c(Nc2ccc(C)cc2)c2ccccc2n(C)c1=O. The summed E-state index contributed by atoms with van der Waals surface area (Å²) in [6.07, 6.45) is 0. The molecule has 5 heteroatoms. The van der Waals surface area contributed by atoms with Crippen LogP contribution >= 0.6 is 0 Å². The van der Waals surface area contributed by atoms with Gasteiger partial charge in [0, 0.05) is 18.1 Å². The Kier molecular flexibility index (Phi) is 4.57. The third-order valence-electron chi connectivity index (χ3n) is 4.10. The maximum Gasteiger partial charge on any atom is 0.345 e. The number of ether oxygens (including phenoxy) is 1. The Balaban J connectivity index is 2.27. The number of nitrogens with zero attached hydrogens (tertiary/aromatic N) is 1. The van der Waals surface area contributed by atoms with Gasteiger partial charge in [0.1, 0.15) is 5.56 Å². The lowest BCUT2D eigenvalue weighted by molar-refractivity contribution is 0.0525. The molecular weight excluding hydrogens is 316 g/mol. The van der Waals surface area contributed by atoms with Crippen LogP contribution in [0, 0.1) is 6.92 Å². The van der Waals surface area contributed by atoms with Crippen molar-refractivity contribution in [2.24, 2.45) is 7.05 Å². The highest BCUT2D eigenvalue weighted by Crippen LogP contribution is 2.28. The molecule has 5 nitrogen and oxygen atoms in total. The van der Waals surface area contributed by atoms with Gasteiger partial charge in [-0.15, -0.1) is 0 Å². The maximum atomic E-state index is 12.8. The van der Waals surface area contributed by atoms with E-state index in [9.17, 15) is 9.59 Å². The Morgan fingerprint density at radius 2 is 1.80 bits per heavy atom. The molecule has 0 aliphatic heterocycles. The van der Waals surface area contributed by atoms with Crippen molar-refractivity contribution in [3.63, 3.8) is 0 Å². The summed E-state index contributed by atoms with van der Waals surface area (Å²) in [5.74, 6) is -0.622. The number of aryl methyl sites for hydroxylation is 2. The molecule has 25 heavy (non-hydrogen) atoms. The highest BCUT2D eigenvalue weighted by Gasteiger charge is 2.22. The topological polar surface area (TPSA) is 60.3 Å². The van der Waals surface area contributed by atoms with E-state index in [-0.39, 0.29) is 17.7 Å². The number of aromatic nitrogens is 1. The molecule has 0 aliphatic rings.